The molecule has 1 aromatic heterocycles. The molecule has 0 amide bonds. The molecular weight excluding hydrogens is 408 g/mol. The fourth-order valence-electron chi connectivity index (χ4n) is 4.10. The molecule has 0 radical (unpaired) electrons. The number of para-hydroxylation sites is 1. The minimum absolute atomic E-state index is 0.175. The van der Waals surface area contributed by atoms with E-state index in [2.05, 4.69) is 36.1 Å². The largest absolute Gasteiger partial charge is 0.504 e. The summed E-state index contributed by atoms with van der Waals surface area (Å²) in [5.41, 5.74) is 5.24. The minimum Gasteiger partial charge on any atom is -0.504 e. The highest BCUT2D eigenvalue weighted by Crippen LogP contribution is 2.39. The van der Waals surface area contributed by atoms with Crippen LogP contribution in [0, 0.1) is 6.92 Å². The Morgan fingerprint density at radius 1 is 1.16 bits per heavy atom. The van der Waals surface area contributed by atoms with Crippen molar-refractivity contribution in [1.82, 2.24) is 9.88 Å². The lowest BCUT2D eigenvalue weighted by atomic mass is 10.1. The third-order valence-electron chi connectivity index (χ3n) is 5.60. The van der Waals surface area contributed by atoms with E-state index in [9.17, 15) is 5.11 Å². The summed E-state index contributed by atoms with van der Waals surface area (Å²) in [4.78, 5) is 7.09. The maximum Gasteiger partial charge on any atom is 0.165 e. The molecule has 1 aliphatic heterocycles. The second-order valence-electron chi connectivity index (χ2n) is 7.83. The van der Waals surface area contributed by atoms with Gasteiger partial charge in [0.2, 0.25) is 0 Å². The Labute approximate surface area is 185 Å². The molecule has 3 aromatic carbocycles. The molecule has 0 unspecified atom stereocenters. The molecule has 5 nitrogen and oxygen atoms in total. The maximum absolute atomic E-state index is 10.7. The average Bonchev–Trinajstić information content (AvgIpc) is 3.09. The zero-order chi connectivity index (χ0) is 21.4. The highest BCUT2D eigenvalue weighted by atomic mass is 32.1. The van der Waals surface area contributed by atoms with Crippen molar-refractivity contribution >= 4 is 21.6 Å². The zero-order valence-corrected chi connectivity index (χ0v) is 18.4. The van der Waals surface area contributed by atoms with Gasteiger partial charge in [-0.05, 0) is 48.4 Å². The van der Waals surface area contributed by atoms with E-state index >= 15 is 0 Å². The van der Waals surface area contributed by atoms with Gasteiger partial charge in [0.15, 0.2) is 11.5 Å². The van der Waals surface area contributed by atoms with E-state index in [-0.39, 0.29) is 5.75 Å². The topological polar surface area (TPSA) is 54.8 Å². The van der Waals surface area contributed by atoms with Crippen molar-refractivity contribution in [2.45, 2.75) is 20.0 Å². The van der Waals surface area contributed by atoms with Crippen LogP contribution < -0.4 is 9.47 Å². The normalized spacial score (nSPS) is 14.1. The number of ether oxygens (including phenoxy) is 2. The molecule has 0 fully saturated rings. The van der Waals surface area contributed by atoms with Crippen LogP contribution >= 0.6 is 11.3 Å². The third kappa shape index (κ3) is 3.96. The number of fused-ring (bicyclic) bond motifs is 2. The van der Waals surface area contributed by atoms with Crippen molar-refractivity contribution in [3.8, 4) is 27.8 Å². The smallest absolute Gasteiger partial charge is 0.165 e. The molecule has 1 aliphatic rings. The molecule has 0 spiro atoms. The monoisotopic (exact) mass is 432 g/mol. The predicted octanol–water partition coefficient (Wildman–Crippen LogP) is 5.38. The molecule has 6 heteroatoms. The predicted molar refractivity (Wildman–Crippen MR) is 124 cm³/mol. The van der Waals surface area contributed by atoms with E-state index in [0.717, 1.165) is 50.8 Å². The number of phenolic OH excluding ortho intramolecular Hbond substituents is 1. The van der Waals surface area contributed by atoms with Crippen LogP contribution in [0.5, 0.6) is 17.2 Å². The van der Waals surface area contributed by atoms with Crippen LogP contribution in [-0.2, 0) is 13.1 Å². The van der Waals surface area contributed by atoms with Crippen LogP contribution in [-0.4, -0.2) is 35.3 Å². The number of aromatic hydroxyl groups is 1. The van der Waals surface area contributed by atoms with E-state index in [1.54, 1.807) is 24.5 Å². The van der Waals surface area contributed by atoms with Gasteiger partial charge in [0.25, 0.3) is 0 Å². The van der Waals surface area contributed by atoms with Gasteiger partial charge in [0, 0.05) is 30.8 Å². The molecule has 0 bridgehead atoms. The number of nitrogens with zero attached hydrogens (tertiary/aromatic N) is 2. The van der Waals surface area contributed by atoms with Gasteiger partial charge in [-0.2, -0.15) is 0 Å². The quantitative estimate of drug-likeness (QED) is 0.469. The van der Waals surface area contributed by atoms with Crippen LogP contribution in [0.2, 0.25) is 0 Å². The number of aromatic nitrogens is 1. The van der Waals surface area contributed by atoms with Crippen molar-refractivity contribution < 1.29 is 14.6 Å². The highest BCUT2D eigenvalue weighted by Gasteiger charge is 2.21. The number of hydrogen-bond donors (Lipinski definition) is 1. The number of phenols is 1. The molecular formula is C25H24N2O3S. The fraction of sp³-hybridized carbons (Fsp3) is 0.240. The number of benzene rings is 3. The number of aryl methyl sites for hydroxylation is 1. The first kappa shape index (κ1) is 19.8. The Balaban J connectivity index is 1.44. The lowest BCUT2D eigenvalue weighted by Crippen LogP contribution is -2.25. The van der Waals surface area contributed by atoms with Crippen molar-refractivity contribution in [3.05, 3.63) is 71.3 Å². The van der Waals surface area contributed by atoms with Crippen molar-refractivity contribution in [2.24, 2.45) is 0 Å². The summed E-state index contributed by atoms with van der Waals surface area (Å²) in [6, 6.07) is 18.3. The van der Waals surface area contributed by atoms with Crippen molar-refractivity contribution in [2.75, 3.05) is 20.3 Å². The fourth-order valence-corrected chi connectivity index (χ4v) is 5.06. The Morgan fingerprint density at radius 2 is 2.03 bits per heavy atom. The number of methoxy groups -OCH3 is 1. The van der Waals surface area contributed by atoms with Gasteiger partial charge in [-0.1, -0.05) is 24.3 Å². The van der Waals surface area contributed by atoms with Gasteiger partial charge in [-0.3, -0.25) is 4.90 Å². The summed E-state index contributed by atoms with van der Waals surface area (Å²) < 4.78 is 12.4. The van der Waals surface area contributed by atoms with Crippen molar-refractivity contribution in [3.63, 3.8) is 0 Å². The molecule has 2 heterocycles. The van der Waals surface area contributed by atoms with Gasteiger partial charge in [-0.25, -0.2) is 4.98 Å². The Kier molecular flexibility index (Phi) is 5.26. The highest BCUT2D eigenvalue weighted by molar-refractivity contribution is 7.21. The maximum atomic E-state index is 10.7. The van der Waals surface area contributed by atoms with E-state index in [0.29, 0.717) is 18.9 Å². The van der Waals surface area contributed by atoms with Gasteiger partial charge < -0.3 is 14.6 Å². The lowest BCUT2D eigenvalue weighted by molar-refractivity contribution is 0.217. The summed E-state index contributed by atoms with van der Waals surface area (Å²) in [7, 11) is 1.70. The first-order valence-corrected chi connectivity index (χ1v) is 11.1. The minimum atomic E-state index is 0.175. The average molecular weight is 433 g/mol. The molecule has 1 N–H and O–H groups in total. The van der Waals surface area contributed by atoms with Crippen molar-refractivity contribution in [1.29, 1.82) is 0 Å². The van der Waals surface area contributed by atoms with E-state index < -0.39 is 0 Å². The molecule has 5 rings (SSSR count). The Morgan fingerprint density at radius 3 is 2.84 bits per heavy atom. The molecule has 0 saturated carbocycles. The summed E-state index contributed by atoms with van der Waals surface area (Å²) in [5, 5.41) is 11.6. The summed E-state index contributed by atoms with van der Waals surface area (Å²) in [6.45, 7) is 4.89. The first-order valence-electron chi connectivity index (χ1n) is 10.3. The van der Waals surface area contributed by atoms with Gasteiger partial charge in [0.1, 0.15) is 17.4 Å². The molecule has 0 saturated heterocycles. The lowest BCUT2D eigenvalue weighted by Gasteiger charge is -2.20. The third-order valence-corrected chi connectivity index (χ3v) is 6.69. The summed E-state index contributed by atoms with van der Waals surface area (Å²) in [5.74, 6) is 1.66. The van der Waals surface area contributed by atoms with E-state index in [1.165, 1.54) is 5.56 Å². The van der Waals surface area contributed by atoms with Gasteiger partial charge >= 0.3 is 0 Å². The van der Waals surface area contributed by atoms with Gasteiger partial charge in [0.05, 0.1) is 17.3 Å². The van der Waals surface area contributed by atoms with Crippen LogP contribution in [0.3, 0.4) is 0 Å². The van der Waals surface area contributed by atoms with E-state index in [1.807, 2.05) is 24.3 Å². The van der Waals surface area contributed by atoms with E-state index in [4.69, 9.17) is 14.5 Å². The first-order chi connectivity index (χ1) is 15.1. The Bertz CT molecular complexity index is 1220. The molecule has 0 atom stereocenters. The SMILES string of the molecule is COc1ccc(CN2CCOc3c(O)cc(-c4nc5ccccc5s4)cc3C2)cc1C. The molecule has 158 valence electrons. The molecule has 0 aliphatic carbocycles. The molecule has 4 aromatic rings. The number of thiazole rings is 1. The summed E-state index contributed by atoms with van der Waals surface area (Å²) >= 11 is 1.63. The van der Waals surface area contributed by atoms with Crippen LogP contribution in [0.4, 0.5) is 0 Å². The zero-order valence-electron chi connectivity index (χ0n) is 17.6. The number of rotatable bonds is 4. The summed E-state index contributed by atoms with van der Waals surface area (Å²) in [6.07, 6.45) is 0. The molecule has 31 heavy (non-hydrogen) atoms. The second kappa shape index (κ2) is 8.21. The number of hydrogen-bond acceptors (Lipinski definition) is 6. The Hall–Kier alpha value is -3.09. The second-order valence-corrected chi connectivity index (χ2v) is 8.86. The van der Waals surface area contributed by atoms with Crippen LogP contribution in [0.25, 0.3) is 20.8 Å². The van der Waals surface area contributed by atoms with Gasteiger partial charge in [-0.15, -0.1) is 11.3 Å². The van der Waals surface area contributed by atoms with Crippen LogP contribution in [0.15, 0.2) is 54.6 Å². The standard InChI is InChI=1S/C25H24N2O3S/c1-16-11-17(7-8-22(16)29-2)14-27-9-10-30-24-19(15-27)12-18(13-21(24)28)25-26-20-5-3-4-6-23(20)31-25/h3-8,11-13,28H,9-10,14-15H2,1-2H3. The van der Waals surface area contributed by atoms with Crippen LogP contribution in [0.1, 0.15) is 16.7 Å².